The second kappa shape index (κ2) is 10.0. The molecular formula is C17H24N4O5S. The van der Waals surface area contributed by atoms with Gasteiger partial charge >= 0.3 is 0 Å². The summed E-state index contributed by atoms with van der Waals surface area (Å²) in [6.07, 6.45) is 2.87. The lowest BCUT2D eigenvalue weighted by molar-refractivity contribution is -0.132. The van der Waals surface area contributed by atoms with Crippen LogP contribution in [0.3, 0.4) is 0 Å². The van der Waals surface area contributed by atoms with Crippen molar-refractivity contribution in [3.8, 4) is 0 Å². The molecule has 0 saturated carbocycles. The number of likely N-dealkylation sites (N-methyl/N-ethyl adjacent to an activating group) is 1. The fourth-order valence-corrected chi connectivity index (χ4v) is 3.39. The number of benzene rings is 1. The molecule has 2 N–H and O–H groups in total. The largest absolute Gasteiger partial charge is 0.367 e. The second-order valence-corrected chi connectivity index (χ2v) is 7.17. The van der Waals surface area contributed by atoms with Crippen molar-refractivity contribution in [3.63, 3.8) is 0 Å². The number of nitrogens with zero attached hydrogens (tertiary/aromatic N) is 3. The predicted molar refractivity (Wildman–Crippen MR) is 102 cm³/mol. The van der Waals surface area contributed by atoms with E-state index < -0.39 is 16.6 Å². The van der Waals surface area contributed by atoms with Crippen LogP contribution in [-0.2, 0) is 20.3 Å². The first-order valence-electron chi connectivity index (χ1n) is 8.45. The van der Waals surface area contributed by atoms with E-state index in [9.17, 15) is 18.0 Å². The van der Waals surface area contributed by atoms with E-state index in [1.165, 1.54) is 11.0 Å². The minimum absolute atomic E-state index is 0.0684. The molecule has 10 heteroatoms. The molecule has 148 valence electrons. The third-order valence-electron chi connectivity index (χ3n) is 4.20. The lowest BCUT2D eigenvalue weighted by Crippen LogP contribution is -2.51. The fourth-order valence-electron chi connectivity index (χ4n) is 2.89. The molecule has 0 atom stereocenters. The van der Waals surface area contributed by atoms with Crippen molar-refractivity contribution in [2.75, 3.05) is 50.5 Å². The number of carbonyl (C=O) groups is 2. The Morgan fingerprint density at radius 1 is 1.22 bits per heavy atom. The van der Waals surface area contributed by atoms with Crippen molar-refractivity contribution in [1.82, 2.24) is 15.3 Å². The molecule has 1 aliphatic heterocycles. The van der Waals surface area contributed by atoms with Crippen LogP contribution in [0, 0.1) is 0 Å². The first-order chi connectivity index (χ1) is 12.9. The SMILES string of the molecule is CN(CC(=O)N1CCN(c2ccccc2/C=C/C(=O)NO)CC1)C[SH](=O)=O. The number of hydrogen-bond acceptors (Lipinski definition) is 7. The predicted octanol–water partition coefficient (Wildman–Crippen LogP) is -0.645. The molecule has 1 aliphatic rings. The highest BCUT2D eigenvalue weighted by molar-refractivity contribution is 7.72. The van der Waals surface area contributed by atoms with Gasteiger partial charge in [0.25, 0.3) is 5.91 Å². The van der Waals surface area contributed by atoms with Crippen molar-refractivity contribution in [2.45, 2.75) is 0 Å². The molecule has 1 heterocycles. The van der Waals surface area contributed by atoms with Gasteiger partial charge in [0.05, 0.1) is 12.4 Å². The van der Waals surface area contributed by atoms with Crippen LogP contribution in [0.1, 0.15) is 5.56 Å². The molecule has 0 aliphatic carbocycles. The van der Waals surface area contributed by atoms with Gasteiger partial charge in [0, 0.05) is 37.9 Å². The standard InChI is InChI=1S/C17H24N4O5S/c1-19(13-27(25)26)12-17(23)21-10-8-20(9-11-21)15-5-3-2-4-14(15)6-7-16(22)18-24/h2-7,24,27H,8-13H2,1H3,(H,18,22)/b7-6+. The monoisotopic (exact) mass is 396 g/mol. The Labute approximate surface area is 159 Å². The van der Waals surface area contributed by atoms with Crippen LogP contribution in [0.2, 0.25) is 0 Å². The topological polar surface area (TPSA) is 110 Å². The first-order valence-corrected chi connectivity index (χ1v) is 9.81. The molecule has 0 radical (unpaired) electrons. The maximum Gasteiger partial charge on any atom is 0.267 e. The Morgan fingerprint density at radius 3 is 2.52 bits per heavy atom. The zero-order chi connectivity index (χ0) is 19.8. The molecule has 9 nitrogen and oxygen atoms in total. The number of thiol groups is 1. The molecule has 0 unspecified atom stereocenters. The van der Waals surface area contributed by atoms with Crippen LogP contribution in [-0.4, -0.2) is 80.9 Å². The summed E-state index contributed by atoms with van der Waals surface area (Å²) in [4.78, 5) is 28.8. The Kier molecular flexibility index (Phi) is 7.77. The number of amides is 2. The average molecular weight is 396 g/mol. The summed E-state index contributed by atoms with van der Waals surface area (Å²) in [7, 11) is -0.941. The van der Waals surface area contributed by atoms with Gasteiger partial charge < -0.3 is 9.80 Å². The number of hydroxylamine groups is 1. The van der Waals surface area contributed by atoms with Crippen LogP contribution in [0.5, 0.6) is 0 Å². The van der Waals surface area contributed by atoms with Crippen molar-refractivity contribution in [1.29, 1.82) is 0 Å². The minimum atomic E-state index is -2.54. The molecule has 1 saturated heterocycles. The highest BCUT2D eigenvalue weighted by Crippen LogP contribution is 2.23. The van der Waals surface area contributed by atoms with E-state index in [4.69, 9.17) is 5.21 Å². The van der Waals surface area contributed by atoms with E-state index in [2.05, 4.69) is 4.90 Å². The molecule has 0 aromatic heterocycles. The molecule has 1 fully saturated rings. The summed E-state index contributed by atoms with van der Waals surface area (Å²) in [6, 6.07) is 7.56. The molecule has 1 aromatic rings. The minimum Gasteiger partial charge on any atom is -0.367 e. The fraction of sp³-hybridized carbons (Fsp3) is 0.412. The number of piperazine rings is 1. The van der Waals surface area contributed by atoms with Crippen LogP contribution >= 0.6 is 0 Å². The van der Waals surface area contributed by atoms with Gasteiger partial charge in [-0.05, 0) is 24.8 Å². The number of anilines is 1. The first kappa shape index (κ1) is 20.9. The van der Waals surface area contributed by atoms with E-state index in [0.717, 1.165) is 11.3 Å². The number of carbonyl (C=O) groups excluding carboxylic acids is 2. The van der Waals surface area contributed by atoms with E-state index in [-0.39, 0.29) is 18.3 Å². The molecule has 1 aromatic carbocycles. The summed E-state index contributed by atoms with van der Waals surface area (Å²) in [5.41, 5.74) is 3.32. The van der Waals surface area contributed by atoms with Crippen LogP contribution < -0.4 is 10.4 Å². The summed E-state index contributed by atoms with van der Waals surface area (Å²) < 4.78 is 21.5. The van der Waals surface area contributed by atoms with Gasteiger partial charge in [-0.2, -0.15) is 0 Å². The zero-order valence-electron chi connectivity index (χ0n) is 15.1. The average Bonchev–Trinajstić information content (AvgIpc) is 2.65. The zero-order valence-corrected chi connectivity index (χ0v) is 16.0. The van der Waals surface area contributed by atoms with Crippen molar-refractivity contribution >= 4 is 34.3 Å². The molecular weight excluding hydrogens is 372 g/mol. The number of para-hydroxylation sites is 1. The van der Waals surface area contributed by atoms with Crippen LogP contribution in [0.25, 0.3) is 6.08 Å². The van der Waals surface area contributed by atoms with Crippen LogP contribution in [0.15, 0.2) is 30.3 Å². The van der Waals surface area contributed by atoms with Crippen molar-refractivity contribution in [3.05, 3.63) is 35.9 Å². The third-order valence-corrected chi connectivity index (χ3v) is 4.91. The lowest BCUT2D eigenvalue weighted by Gasteiger charge is -2.37. The van der Waals surface area contributed by atoms with Crippen molar-refractivity contribution in [2.24, 2.45) is 0 Å². The summed E-state index contributed by atoms with van der Waals surface area (Å²) >= 11 is 0. The summed E-state index contributed by atoms with van der Waals surface area (Å²) in [6.45, 7) is 2.39. The summed E-state index contributed by atoms with van der Waals surface area (Å²) in [5, 5.41) is 8.59. The van der Waals surface area contributed by atoms with Gasteiger partial charge in [0.1, 0.15) is 0 Å². The van der Waals surface area contributed by atoms with Gasteiger partial charge in [0.15, 0.2) is 10.7 Å². The van der Waals surface area contributed by atoms with E-state index in [1.807, 2.05) is 24.3 Å². The molecule has 2 amide bonds. The maximum absolute atomic E-state index is 12.3. The van der Waals surface area contributed by atoms with E-state index in [0.29, 0.717) is 26.2 Å². The molecule has 27 heavy (non-hydrogen) atoms. The second-order valence-electron chi connectivity index (χ2n) is 6.22. The Morgan fingerprint density at radius 2 is 1.89 bits per heavy atom. The Bertz CT molecular complexity index is 764. The van der Waals surface area contributed by atoms with Gasteiger partial charge in [-0.15, -0.1) is 0 Å². The van der Waals surface area contributed by atoms with Gasteiger partial charge in [0.2, 0.25) is 5.91 Å². The van der Waals surface area contributed by atoms with Gasteiger partial charge in [-0.25, -0.2) is 13.9 Å². The molecule has 0 bridgehead atoms. The molecule has 0 spiro atoms. The van der Waals surface area contributed by atoms with E-state index in [1.54, 1.807) is 23.5 Å². The van der Waals surface area contributed by atoms with E-state index >= 15 is 0 Å². The third kappa shape index (κ3) is 6.35. The smallest absolute Gasteiger partial charge is 0.267 e. The van der Waals surface area contributed by atoms with Crippen molar-refractivity contribution < 1.29 is 23.2 Å². The summed E-state index contributed by atoms with van der Waals surface area (Å²) in [5.74, 6) is -0.840. The number of hydrogen-bond donors (Lipinski definition) is 3. The maximum atomic E-state index is 12.3. The number of nitrogens with one attached hydrogen (secondary N) is 1. The quantitative estimate of drug-likeness (QED) is 0.243. The lowest BCUT2D eigenvalue weighted by atomic mass is 10.1. The Hall–Kier alpha value is -2.43. The van der Waals surface area contributed by atoms with Gasteiger partial charge in [-0.1, -0.05) is 18.2 Å². The van der Waals surface area contributed by atoms with Crippen LogP contribution in [0.4, 0.5) is 5.69 Å². The molecule has 2 rings (SSSR count). The number of rotatable bonds is 7. The highest BCUT2D eigenvalue weighted by Gasteiger charge is 2.23. The Balaban J connectivity index is 1.97. The highest BCUT2D eigenvalue weighted by atomic mass is 32.2. The van der Waals surface area contributed by atoms with Gasteiger partial charge in [-0.3, -0.25) is 19.7 Å². The normalized spacial score (nSPS) is 15.0.